The lowest BCUT2D eigenvalue weighted by atomic mass is 10.9. The molecule has 0 radical (unpaired) electrons. The van der Waals surface area contributed by atoms with Gasteiger partial charge in [-0.1, -0.05) is 0 Å². The summed E-state index contributed by atoms with van der Waals surface area (Å²) in [5.41, 5.74) is 0. The minimum absolute atomic E-state index is 0.866. The van der Waals surface area contributed by atoms with Crippen LogP contribution in [-0.2, 0) is 0 Å². The van der Waals surface area contributed by atoms with Crippen molar-refractivity contribution in [3.05, 3.63) is 6.20 Å². The zero-order chi connectivity index (χ0) is 6.69. The number of hydrogen-bond acceptors (Lipinski definition) is 2. The first-order chi connectivity index (χ1) is 4.30. The molecular weight excluding hydrogens is 229 g/mol. The summed E-state index contributed by atoms with van der Waals surface area (Å²) in [6, 6.07) is 0. The van der Waals surface area contributed by atoms with Gasteiger partial charge < -0.3 is 0 Å². The van der Waals surface area contributed by atoms with Gasteiger partial charge in [-0.3, -0.25) is 0 Å². The van der Waals surface area contributed by atoms with Gasteiger partial charge in [0.15, 0.2) is 0 Å². The second kappa shape index (κ2) is 2.89. The van der Waals surface area contributed by atoms with E-state index in [1.54, 1.807) is 10.8 Å². The molecule has 0 unspecified atom stereocenters. The maximum atomic E-state index is 3.95. The van der Waals surface area contributed by atoms with E-state index in [0.717, 1.165) is 3.84 Å². The first-order valence-electron chi connectivity index (χ1n) is 2.37. The molecule has 0 aliphatic carbocycles. The molecule has 1 aliphatic rings. The van der Waals surface area contributed by atoms with Crippen LogP contribution in [0.5, 0.6) is 0 Å². The zero-order valence-corrected chi connectivity index (χ0v) is 7.03. The van der Waals surface area contributed by atoms with E-state index in [9.17, 15) is 0 Å². The molecule has 0 aromatic carbocycles. The Morgan fingerprint density at radius 1 is 1.78 bits per heavy atom. The van der Waals surface area contributed by atoms with Crippen LogP contribution in [-0.4, -0.2) is 27.7 Å². The Hall–Kier alpha value is -0.480. The summed E-state index contributed by atoms with van der Waals surface area (Å²) in [5, 5.41) is 0. The molecule has 0 amide bonds. The van der Waals surface area contributed by atoms with Gasteiger partial charge in [0.1, 0.15) is 6.20 Å². The quantitative estimate of drug-likeness (QED) is 0.334. The molecule has 4 heteroatoms. The summed E-state index contributed by atoms with van der Waals surface area (Å²) in [5.74, 6) is 2.87. The molecule has 3 nitrogen and oxygen atoms in total. The Morgan fingerprint density at radius 3 is 3.33 bits per heavy atom. The molecule has 0 aromatic heterocycles. The summed E-state index contributed by atoms with van der Waals surface area (Å²) >= 11 is 2.11. The maximum Gasteiger partial charge on any atom is 0.367 e. The number of halogens is 1. The molecule has 0 fully saturated rings. The van der Waals surface area contributed by atoms with Gasteiger partial charge in [0.2, 0.25) is 6.34 Å². The van der Waals surface area contributed by atoms with Crippen molar-refractivity contribution in [3.63, 3.8) is 0 Å². The van der Waals surface area contributed by atoms with Crippen LogP contribution >= 0.6 is 22.6 Å². The van der Waals surface area contributed by atoms with E-state index < -0.39 is 0 Å². The molecule has 1 aliphatic heterocycles. The minimum Gasteiger partial charge on any atom is -0.209 e. The van der Waals surface area contributed by atoms with Crippen molar-refractivity contribution in [3.8, 4) is 0 Å². The van der Waals surface area contributed by atoms with E-state index in [0.29, 0.717) is 0 Å². The first-order valence-corrected chi connectivity index (χ1v) is 3.45. The molecule has 9 heavy (non-hydrogen) atoms. The molecule has 0 saturated heterocycles. The van der Waals surface area contributed by atoms with Crippen molar-refractivity contribution >= 4 is 38.6 Å². The van der Waals surface area contributed by atoms with E-state index in [1.807, 2.05) is 7.05 Å². The lowest BCUT2D eigenvalue weighted by Crippen LogP contribution is -2.06. The topological polar surface area (TPSA) is 27.7 Å². The van der Waals surface area contributed by atoms with Gasteiger partial charge >= 0.3 is 3.84 Å². The third kappa shape index (κ3) is 1.73. The van der Waals surface area contributed by atoms with Crippen molar-refractivity contribution in [2.75, 3.05) is 7.05 Å². The third-order valence-electron chi connectivity index (χ3n) is 0.834. The van der Waals surface area contributed by atoms with Crippen molar-refractivity contribution in [2.45, 2.75) is 0 Å². The number of nitrogens with zero attached hydrogens (tertiary/aromatic N) is 3. The van der Waals surface area contributed by atoms with Crippen LogP contribution < -0.4 is 0 Å². The van der Waals surface area contributed by atoms with Gasteiger partial charge in [-0.25, -0.2) is 4.99 Å². The largest absolute Gasteiger partial charge is 0.367 e. The van der Waals surface area contributed by atoms with Crippen LogP contribution in [0.2, 0.25) is 0 Å². The first kappa shape index (κ1) is 6.64. The van der Waals surface area contributed by atoms with Gasteiger partial charge in [-0.05, 0) is 4.99 Å². The van der Waals surface area contributed by atoms with Crippen molar-refractivity contribution < 1.29 is 4.58 Å². The van der Waals surface area contributed by atoms with E-state index in [4.69, 9.17) is 0 Å². The van der Waals surface area contributed by atoms with Crippen molar-refractivity contribution in [1.82, 2.24) is 0 Å². The molecule has 46 valence electrons. The highest BCUT2D eigenvalue weighted by atomic mass is 127. The number of amidine groups is 1. The number of hydrogen-bond donors (Lipinski definition) is 0. The van der Waals surface area contributed by atoms with Crippen LogP contribution in [0.25, 0.3) is 0 Å². The van der Waals surface area contributed by atoms with Crippen LogP contribution in [0.15, 0.2) is 16.2 Å². The predicted molar refractivity (Wildman–Crippen MR) is 45.7 cm³/mol. The Kier molecular flexibility index (Phi) is 2.13. The van der Waals surface area contributed by atoms with E-state index in [-0.39, 0.29) is 0 Å². The van der Waals surface area contributed by atoms with Crippen LogP contribution in [0.4, 0.5) is 0 Å². The minimum atomic E-state index is 0.866. The summed E-state index contributed by atoms with van der Waals surface area (Å²) in [4.78, 5) is 7.73. The fraction of sp³-hybridized carbons (Fsp3) is 0.200. The molecule has 0 spiro atoms. The summed E-state index contributed by atoms with van der Waals surface area (Å²) in [6.45, 7) is 0. The monoisotopic (exact) mass is 234 g/mol. The highest BCUT2D eigenvalue weighted by Gasteiger charge is 2.02. The molecular formula is C5H5IN3+. The zero-order valence-electron chi connectivity index (χ0n) is 4.87. The Balaban J connectivity index is 3.06. The normalized spacial score (nSPS) is 16.7. The second-order valence-electron chi connectivity index (χ2n) is 1.48. The van der Waals surface area contributed by atoms with E-state index >= 15 is 0 Å². The highest BCUT2D eigenvalue weighted by molar-refractivity contribution is 14.1. The maximum absolute atomic E-state index is 3.95. The summed E-state index contributed by atoms with van der Waals surface area (Å²) in [7, 11) is 1.87. The van der Waals surface area contributed by atoms with Gasteiger partial charge in [0.25, 0.3) is 0 Å². The van der Waals surface area contributed by atoms with Gasteiger partial charge in [0, 0.05) is 0 Å². The molecule has 1 rings (SSSR count). The fourth-order valence-corrected chi connectivity index (χ4v) is 0.638. The van der Waals surface area contributed by atoms with Crippen molar-refractivity contribution in [1.29, 1.82) is 0 Å². The fourth-order valence-electron chi connectivity index (χ4n) is 0.374. The van der Waals surface area contributed by atoms with Crippen LogP contribution in [0.3, 0.4) is 0 Å². The Labute approximate surface area is 66.7 Å². The average molecular weight is 234 g/mol. The molecule has 0 saturated carbocycles. The molecule has 0 atom stereocenters. The lowest BCUT2D eigenvalue weighted by Gasteiger charge is -1.81. The predicted octanol–water partition coefficient (Wildman–Crippen LogP) is 0.645. The SMILES string of the molecule is C[N+]1=C=CN=CN=C1I. The second-order valence-corrected chi connectivity index (χ2v) is 2.44. The molecule has 0 bridgehead atoms. The van der Waals surface area contributed by atoms with Gasteiger partial charge in [0.05, 0.1) is 35.5 Å². The Morgan fingerprint density at radius 2 is 2.56 bits per heavy atom. The molecule has 1 heterocycles. The van der Waals surface area contributed by atoms with Crippen molar-refractivity contribution in [2.24, 2.45) is 9.98 Å². The van der Waals surface area contributed by atoms with E-state index in [2.05, 4.69) is 38.4 Å². The summed E-state index contributed by atoms with van der Waals surface area (Å²) in [6.07, 6.45) is 3.08. The Bertz CT molecular complexity index is 233. The van der Waals surface area contributed by atoms with Crippen LogP contribution in [0.1, 0.15) is 0 Å². The summed E-state index contributed by atoms with van der Waals surface area (Å²) < 4.78 is 2.64. The number of aliphatic imine (C=N–C) groups is 2. The van der Waals surface area contributed by atoms with Gasteiger partial charge in [-0.2, -0.15) is 4.58 Å². The third-order valence-corrected chi connectivity index (χ3v) is 1.84. The average Bonchev–Trinajstić information content (AvgIpc) is 1.99. The van der Waals surface area contributed by atoms with E-state index in [1.165, 1.54) is 6.34 Å². The number of rotatable bonds is 0. The van der Waals surface area contributed by atoms with Crippen LogP contribution in [0, 0.1) is 0 Å². The highest BCUT2D eigenvalue weighted by Crippen LogP contribution is 1.90. The smallest absolute Gasteiger partial charge is 0.209 e. The standard InChI is InChI=1S/C5H5IN3/c1-9-3-2-7-4-8-5(9)6/h2,4H,1H3/q+1. The molecule has 0 aromatic rings. The molecule has 0 N–H and O–H groups in total. The van der Waals surface area contributed by atoms with Gasteiger partial charge in [-0.15, -0.1) is 0 Å². The lowest BCUT2D eigenvalue weighted by molar-refractivity contribution is -0.353.